The lowest BCUT2D eigenvalue weighted by Crippen LogP contribution is -2.37. The Labute approximate surface area is 213 Å². The number of alkyl halides is 3. The Morgan fingerprint density at radius 2 is 1.97 bits per heavy atom. The maximum Gasteiger partial charge on any atom is 0.416 e. The van der Waals surface area contributed by atoms with Crippen molar-refractivity contribution in [1.29, 1.82) is 0 Å². The molecule has 36 heavy (non-hydrogen) atoms. The number of ether oxygens (including phenoxy) is 2. The predicted molar refractivity (Wildman–Crippen MR) is 133 cm³/mol. The molecule has 0 amide bonds. The number of nitrogens with zero attached hydrogens (tertiary/aromatic N) is 4. The van der Waals surface area contributed by atoms with Crippen molar-refractivity contribution in [3.8, 4) is 0 Å². The number of imidazole rings is 1. The number of benzene rings is 1. The van der Waals surface area contributed by atoms with Gasteiger partial charge < -0.3 is 25.8 Å². The van der Waals surface area contributed by atoms with E-state index in [0.29, 0.717) is 60.4 Å². The number of morpholine rings is 1. The van der Waals surface area contributed by atoms with Crippen LogP contribution in [-0.2, 0) is 33.5 Å². The van der Waals surface area contributed by atoms with Gasteiger partial charge in [-0.3, -0.25) is 4.79 Å². The van der Waals surface area contributed by atoms with Gasteiger partial charge in [0.2, 0.25) is 0 Å². The van der Waals surface area contributed by atoms with Gasteiger partial charge in [0.25, 0.3) is 0 Å². The summed E-state index contributed by atoms with van der Waals surface area (Å²) in [6, 6.07) is 4.90. The second-order valence-corrected chi connectivity index (χ2v) is 8.46. The molecule has 0 spiro atoms. The molecule has 1 fully saturated rings. The molecule has 1 aliphatic rings. The second-order valence-electron chi connectivity index (χ2n) is 8.46. The standard InChI is InChI=1S/C23H27F3N6O3.H2S/c1-13-15(4-3-5-16(13)23(24,25)26)10-19-18(12-35-22(33)14(2)27)29-21-17(28)11-20(30-32(19)21)31-6-8-34-9-7-31;/h3-5,11,14H,6-10,12,27-28H2,1-2H3;1H2. The Kier molecular flexibility index (Phi) is 8.37. The molecule has 1 aliphatic heterocycles. The van der Waals surface area contributed by atoms with Crippen molar-refractivity contribution in [1.82, 2.24) is 14.6 Å². The molecule has 0 radical (unpaired) electrons. The molecule has 9 nitrogen and oxygen atoms in total. The van der Waals surface area contributed by atoms with Crippen LogP contribution in [0.5, 0.6) is 0 Å². The number of fused-ring (bicyclic) bond motifs is 1. The van der Waals surface area contributed by atoms with E-state index >= 15 is 0 Å². The van der Waals surface area contributed by atoms with Crippen LogP contribution in [-0.4, -0.2) is 52.9 Å². The van der Waals surface area contributed by atoms with E-state index in [1.54, 1.807) is 12.1 Å². The zero-order valence-electron chi connectivity index (χ0n) is 19.9. The molecule has 1 unspecified atom stereocenters. The fraction of sp³-hybridized carbons (Fsp3) is 0.435. The zero-order valence-corrected chi connectivity index (χ0v) is 20.9. The van der Waals surface area contributed by atoms with Gasteiger partial charge in [-0.15, -0.1) is 5.10 Å². The molecule has 3 aromatic rings. The quantitative estimate of drug-likeness (QED) is 0.470. The molecule has 0 saturated carbocycles. The van der Waals surface area contributed by atoms with E-state index in [1.165, 1.54) is 24.4 Å². The van der Waals surface area contributed by atoms with Crippen molar-refractivity contribution >= 4 is 36.6 Å². The Hall–Kier alpha value is -3.03. The van der Waals surface area contributed by atoms with Crippen LogP contribution in [0.25, 0.3) is 5.65 Å². The van der Waals surface area contributed by atoms with Crippen LogP contribution in [0.3, 0.4) is 0 Å². The largest absolute Gasteiger partial charge is 0.458 e. The number of hydrogen-bond acceptors (Lipinski definition) is 8. The molecule has 1 aromatic carbocycles. The van der Waals surface area contributed by atoms with Crippen LogP contribution in [0.4, 0.5) is 24.7 Å². The summed E-state index contributed by atoms with van der Waals surface area (Å²) < 4.78 is 52.7. The third-order valence-corrected chi connectivity index (χ3v) is 5.94. The van der Waals surface area contributed by atoms with E-state index in [4.69, 9.17) is 26.0 Å². The van der Waals surface area contributed by atoms with Crippen LogP contribution in [0.2, 0.25) is 0 Å². The third kappa shape index (κ3) is 5.68. The van der Waals surface area contributed by atoms with Gasteiger partial charge in [0.05, 0.1) is 30.2 Å². The summed E-state index contributed by atoms with van der Waals surface area (Å²) in [5, 5.41) is 4.70. The first-order valence-electron chi connectivity index (χ1n) is 11.1. The van der Waals surface area contributed by atoms with Crippen LogP contribution < -0.4 is 16.4 Å². The highest BCUT2D eigenvalue weighted by atomic mass is 32.1. The van der Waals surface area contributed by atoms with Gasteiger partial charge in [-0.1, -0.05) is 12.1 Å². The van der Waals surface area contributed by atoms with Crippen LogP contribution in [0.1, 0.15) is 35.0 Å². The Balaban J connectivity index is 0.00000361. The Morgan fingerprint density at radius 1 is 1.28 bits per heavy atom. The minimum atomic E-state index is -4.48. The fourth-order valence-corrected chi connectivity index (χ4v) is 3.99. The summed E-state index contributed by atoms with van der Waals surface area (Å²) >= 11 is 0. The van der Waals surface area contributed by atoms with E-state index in [2.05, 4.69) is 4.98 Å². The summed E-state index contributed by atoms with van der Waals surface area (Å²) in [6.45, 7) is 5.02. The summed E-state index contributed by atoms with van der Waals surface area (Å²) in [7, 11) is 0. The summed E-state index contributed by atoms with van der Waals surface area (Å²) in [6.07, 6.45) is -4.41. The van der Waals surface area contributed by atoms with Crippen molar-refractivity contribution in [2.45, 2.75) is 39.1 Å². The van der Waals surface area contributed by atoms with Gasteiger partial charge >= 0.3 is 12.1 Å². The van der Waals surface area contributed by atoms with E-state index in [-0.39, 0.29) is 32.1 Å². The van der Waals surface area contributed by atoms with Gasteiger partial charge in [0.1, 0.15) is 18.3 Å². The first-order valence-corrected chi connectivity index (χ1v) is 11.1. The summed E-state index contributed by atoms with van der Waals surface area (Å²) in [5.41, 5.74) is 13.2. The highest BCUT2D eigenvalue weighted by molar-refractivity contribution is 7.59. The van der Waals surface area contributed by atoms with Crippen molar-refractivity contribution in [3.05, 3.63) is 52.3 Å². The second kappa shape index (κ2) is 10.9. The molecule has 1 atom stereocenters. The topological polar surface area (TPSA) is 121 Å². The number of hydrogen-bond donors (Lipinski definition) is 2. The summed E-state index contributed by atoms with van der Waals surface area (Å²) in [5.74, 6) is -0.0324. The predicted octanol–water partition coefficient (Wildman–Crippen LogP) is 2.57. The Bertz CT molecular complexity index is 1240. The number of anilines is 2. The number of nitrogen functional groups attached to an aromatic ring is 1. The van der Waals surface area contributed by atoms with Crippen molar-refractivity contribution < 1.29 is 27.4 Å². The number of carbonyl (C=O) groups excluding carboxylic acids is 1. The Morgan fingerprint density at radius 3 is 2.61 bits per heavy atom. The van der Waals surface area contributed by atoms with Gasteiger partial charge in [-0.2, -0.15) is 26.7 Å². The molecule has 2 aromatic heterocycles. The van der Waals surface area contributed by atoms with Gasteiger partial charge in [-0.25, -0.2) is 9.50 Å². The average molecular weight is 527 g/mol. The number of esters is 1. The third-order valence-electron chi connectivity index (χ3n) is 5.94. The SMILES string of the molecule is Cc1c(Cc2c(COC(=O)C(C)N)nc3c(N)cc(N4CCOCC4)nn23)cccc1C(F)(F)F.S. The molecule has 4 rings (SSSR count). The zero-order chi connectivity index (χ0) is 25.3. The maximum atomic E-state index is 13.5. The number of nitrogens with two attached hydrogens (primary N) is 2. The molecule has 4 N–H and O–H groups in total. The number of aromatic nitrogens is 3. The molecule has 0 aliphatic carbocycles. The molecular weight excluding hydrogens is 497 g/mol. The van der Waals surface area contributed by atoms with Crippen molar-refractivity contribution in [2.75, 3.05) is 36.9 Å². The van der Waals surface area contributed by atoms with Crippen LogP contribution in [0, 0.1) is 6.92 Å². The molecule has 0 bridgehead atoms. The first kappa shape index (κ1) is 27.6. The van der Waals surface area contributed by atoms with Gasteiger partial charge in [0, 0.05) is 25.6 Å². The van der Waals surface area contributed by atoms with E-state index in [0.717, 1.165) is 6.07 Å². The average Bonchev–Trinajstić information content (AvgIpc) is 3.16. The van der Waals surface area contributed by atoms with Gasteiger partial charge in [-0.05, 0) is 31.0 Å². The maximum absolute atomic E-state index is 13.5. The van der Waals surface area contributed by atoms with Gasteiger partial charge in [0.15, 0.2) is 11.5 Å². The smallest absolute Gasteiger partial charge is 0.416 e. The number of carbonyl (C=O) groups is 1. The number of rotatable bonds is 6. The lowest BCUT2D eigenvalue weighted by Gasteiger charge is -2.27. The highest BCUT2D eigenvalue weighted by Crippen LogP contribution is 2.34. The van der Waals surface area contributed by atoms with Crippen LogP contribution >= 0.6 is 13.5 Å². The molecule has 196 valence electrons. The highest BCUT2D eigenvalue weighted by Gasteiger charge is 2.33. The van der Waals surface area contributed by atoms with E-state index in [1.807, 2.05) is 4.90 Å². The minimum absolute atomic E-state index is 0. The molecule has 3 heterocycles. The molecular formula is C23H29F3N6O3S. The van der Waals surface area contributed by atoms with E-state index in [9.17, 15) is 18.0 Å². The summed E-state index contributed by atoms with van der Waals surface area (Å²) in [4.78, 5) is 18.5. The monoisotopic (exact) mass is 526 g/mol. The minimum Gasteiger partial charge on any atom is -0.458 e. The number of halogens is 3. The molecule has 1 saturated heterocycles. The normalized spacial score (nSPS) is 15.0. The lowest BCUT2D eigenvalue weighted by atomic mass is 9.98. The van der Waals surface area contributed by atoms with Crippen LogP contribution in [0.15, 0.2) is 24.3 Å². The van der Waals surface area contributed by atoms with E-state index < -0.39 is 23.8 Å². The fourth-order valence-electron chi connectivity index (χ4n) is 3.99. The first-order chi connectivity index (χ1) is 16.6. The van der Waals surface area contributed by atoms with Crippen molar-refractivity contribution in [3.63, 3.8) is 0 Å². The van der Waals surface area contributed by atoms with Crippen molar-refractivity contribution in [2.24, 2.45) is 5.73 Å². The lowest BCUT2D eigenvalue weighted by molar-refractivity contribution is -0.146. The molecule has 13 heteroatoms.